The van der Waals surface area contributed by atoms with E-state index in [2.05, 4.69) is 4.74 Å². The highest BCUT2D eigenvalue weighted by atomic mass is 32.1. The van der Waals surface area contributed by atoms with E-state index in [1.165, 1.54) is 28.2 Å². The van der Waals surface area contributed by atoms with E-state index in [0.29, 0.717) is 5.06 Å². The third-order valence-electron chi connectivity index (χ3n) is 1.91. The van der Waals surface area contributed by atoms with Crippen molar-refractivity contribution in [3.63, 3.8) is 0 Å². The molecule has 64 valence electrons. The third-order valence-corrected chi connectivity index (χ3v) is 3.03. The number of rotatable bonds is 1. The molecule has 2 rings (SSSR count). The van der Waals surface area contributed by atoms with Crippen molar-refractivity contribution in [1.82, 2.24) is 0 Å². The van der Waals surface area contributed by atoms with E-state index in [9.17, 15) is 4.79 Å². The van der Waals surface area contributed by atoms with Gasteiger partial charge in [0.05, 0.1) is 0 Å². The van der Waals surface area contributed by atoms with Crippen LogP contribution in [0.25, 0.3) is 0 Å². The van der Waals surface area contributed by atoms with Crippen molar-refractivity contribution in [3.05, 3.63) is 16.5 Å². The van der Waals surface area contributed by atoms with Gasteiger partial charge in [0.1, 0.15) is 0 Å². The molecule has 4 heteroatoms. The van der Waals surface area contributed by atoms with Crippen LogP contribution in [0.1, 0.15) is 16.9 Å². The highest BCUT2D eigenvalue weighted by Gasteiger charge is 2.16. The van der Waals surface area contributed by atoms with Gasteiger partial charge in [-0.05, 0) is 30.9 Å². The van der Waals surface area contributed by atoms with Gasteiger partial charge in [0, 0.05) is 4.88 Å². The number of carbonyl (C=O) groups is 1. The van der Waals surface area contributed by atoms with Crippen LogP contribution in [0.4, 0.5) is 4.79 Å². The minimum atomic E-state index is -1.23. The van der Waals surface area contributed by atoms with Gasteiger partial charge in [-0.2, -0.15) is 0 Å². The van der Waals surface area contributed by atoms with Gasteiger partial charge in [0.2, 0.25) is 0 Å². The van der Waals surface area contributed by atoms with E-state index >= 15 is 0 Å². The lowest BCUT2D eigenvalue weighted by Gasteiger charge is -1.92. The van der Waals surface area contributed by atoms with Crippen molar-refractivity contribution < 1.29 is 14.6 Å². The van der Waals surface area contributed by atoms with E-state index in [-0.39, 0.29) is 0 Å². The van der Waals surface area contributed by atoms with Gasteiger partial charge in [0.25, 0.3) is 0 Å². The Bertz CT molecular complexity index is 295. The Labute approximate surface area is 73.6 Å². The van der Waals surface area contributed by atoms with Gasteiger partial charge in [-0.3, -0.25) is 0 Å². The maximum absolute atomic E-state index is 10.2. The van der Waals surface area contributed by atoms with Gasteiger partial charge in [0.15, 0.2) is 5.06 Å². The molecule has 0 bridgehead atoms. The van der Waals surface area contributed by atoms with E-state index in [4.69, 9.17) is 5.11 Å². The first-order chi connectivity index (χ1) is 5.75. The molecule has 3 nitrogen and oxygen atoms in total. The number of aryl methyl sites for hydroxylation is 2. The Morgan fingerprint density at radius 3 is 3.08 bits per heavy atom. The summed E-state index contributed by atoms with van der Waals surface area (Å²) in [5, 5.41) is 8.85. The van der Waals surface area contributed by atoms with Crippen molar-refractivity contribution in [1.29, 1.82) is 0 Å². The Morgan fingerprint density at radius 2 is 2.42 bits per heavy atom. The quantitative estimate of drug-likeness (QED) is 0.681. The average molecular weight is 184 g/mol. The molecule has 1 aliphatic rings. The Morgan fingerprint density at radius 1 is 1.58 bits per heavy atom. The largest absolute Gasteiger partial charge is 0.512 e. The van der Waals surface area contributed by atoms with Crippen LogP contribution in [0, 0.1) is 0 Å². The first-order valence-corrected chi connectivity index (χ1v) is 4.60. The summed E-state index contributed by atoms with van der Waals surface area (Å²) < 4.78 is 4.55. The molecule has 0 saturated heterocycles. The molecule has 1 aromatic rings. The van der Waals surface area contributed by atoms with Crippen molar-refractivity contribution in [3.8, 4) is 5.06 Å². The van der Waals surface area contributed by atoms with Crippen LogP contribution in [0.15, 0.2) is 6.07 Å². The Balaban J connectivity index is 2.20. The molecule has 0 radical (unpaired) electrons. The average Bonchev–Trinajstić information content (AvgIpc) is 2.43. The van der Waals surface area contributed by atoms with Crippen LogP contribution < -0.4 is 4.74 Å². The van der Waals surface area contributed by atoms with Crippen LogP contribution in [0.5, 0.6) is 5.06 Å². The lowest BCUT2D eigenvalue weighted by molar-refractivity contribution is 0.146. The third kappa shape index (κ3) is 1.30. The fourth-order valence-corrected chi connectivity index (χ4v) is 2.53. The molecule has 0 atom stereocenters. The summed E-state index contributed by atoms with van der Waals surface area (Å²) in [6.45, 7) is 0. The van der Waals surface area contributed by atoms with Crippen LogP contribution in [-0.4, -0.2) is 11.3 Å². The van der Waals surface area contributed by atoms with Crippen molar-refractivity contribution in [2.75, 3.05) is 0 Å². The topological polar surface area (TPSA) is 46.5 Å². The number of thiophene rings is 1. The van der Waals surface area contributed by atoms with Crippen molar-refractivity contribution in [2.45, 2.75) is 19.3 Å². The van der Waals surface area contributed by atoms with E-state index in [1.54, 1.807) is 0 Å². The van der Waals surface area contributed by atoms with E-state index in [1.807, 2.05) is 6.07 Å². The molecular weight excluding hydrogens is 176 g/mol. The Hall–Kier alpha value is -1.03. The molecule has 0 amide bonds. The number of carboxylic acid groups (broad SMARTS) is 1. The molecule has 1 heterocycles. The van der Waals surface area contributed by atoms with Crippen molar-refractivity contribution >= 4 is 17.5 Å². The zero-order valence-electron chi connectivity index (χ0n) is 6.37. The molecule has 0 fully saturated rings. The Kier molecular flexibility index (Phi) is 1.77. The standard InChI is InChI=1S/C8H8O3S/c9-8(10)11-7-4-5-2-1-3-6(5)12-7/h4H,1-3H2,(H,9,10). The molecule has 0 aromatic carbocycles. The molecular formula is C8H8O3S. The predicted molar refractivity (Wildman–Crippen MR) is 45.0 cm³/mol. The first kappa shape index (κ1) is 7.61. The van der Waals surface area contributed by atoms with Crippen LogP contribution in [0.2, 0.25) is 0 Å². The summed E-state index contributed by atoms with van der Waals surface area (Å²) in [5.74, 6) is 0. The molecule has 12 heavy (non-hydrogen) atoms. The maximum Gasteiger partial charge on any atom is 0.512 e. The first-order valence-electron chi connectivity index (χ1n) is 3.78. The molecule has 0 spiro atoms. The maximum atomic E-state index is 10.2. The summed E-state index contributed by atoms with van der Waals surface area (Å²) in [4.78, 5) is 11.5. The summed E-state index contributed by atoms with van der Waals surface area (Å²) in [6, 6.07) is 1.83. The highest BCUT2D eigenvalue weighted by molar-refractivity contribution is 7.14. The molecule has 0 aliphatic heterocycles. The zero-order valence-corrected chi connectivity index (χ0v) is 7.19. The van der Waals surface area contributed by atoms with Gasteiger partial charge in [-0.1, -0.05) is 0 Å². The van der Waals surface area contributed by atoms with E-state index in [0.717, 1.165) is 12.8 Å². The van der Waals surface area contributed by atoms with Crippen LogP contribution in [0.3, 0.4) is 0 Å². The number of hydrogen-bond donors (Lipinski definition) is 1. The van der Waals surface area contributed by atoms with Gasteiger partial charge >= 0.3 is 6.16 Å². The molecule has 1 N–H and O–H groups in total. The highest BCUT2D eigenvalue weighted by Crippen LogP contribution is 2.35. The number of ether oxygens (including phenoxy) is 1. The molecule has 0 unspecified atom stereocenters. The molecule has 1 aliphatic carbocycles. The molecule has 1 aromatic heterocycles. The normalized spacial score (nSPS) is 14.3. The monoisotopic (exact) mass is 184 g/mol. The summed E-state index contributed by atoms with van der Waals surface area (Å²) in [7, 11) is 0. The fraction of sp³-hybridized carbons (Fsp3) is 0.375. The lowest BCUT2D eigenvalue weighted by Crippen LogP contribution is -2.01. The van der Waals surface area contributed by atoms with Gasteiger partial charge in [-0.25, -0.2) is 4.79 Å². The second-order valence-electron chi connectivity index (χ2n) is 2.74. The van der Waals surface area contributed by atoms with Crippen LogP contribution in [-0.2, 0) is 12.8 Å². The second-order valence-corrected chi connectivity index (χ2v) is 3.83. The minimum absolute atomic E-state index is 0.507. The summed E-state index contributed by atoms with van der Waals surface area (Å²) in [6.07, 6.45) is 2.10. The van der Waals surface area contributed by atoms with Gasteiger partial charge < -0.3 is 9.84 Å². The van der Waals surface area contributed by atoms with Crippen molar-refractivity contribution in [2.24, 2.45) is 0 Å². The predicted octanol–water partition coefficient (Wildman–Crippen LogP) is 2.29. The lowest BCUT2D eigenvalue weighted by atomic mass is 10.3. The summed E-state index contributed by atoms with van der Waals surface area (Å²) >= 11 is 1.45. The smallest absolute Gasteiger partial charge is 0.449 e. The molecule has 0 saturated carbocycles. The zero-order chi connectivity index (χ0) is 8.55. The number of hydrogen-bond acceptors (Lipinski definition) is 3. The van der Waals surface area contributed by atoms with Gasteiger partial charge in [-0.15, -0.1) is 11.3 Å². The number of fused-ring (bicyclic) bond motifs is 1. The second kappa shape index (κ2) is 2.79. The van der Waals surface area contributed by atoms with Crippen LogP contribution >= 0.6 is 11.3 Å². The minimum Gasteiger partial charge on any atom is -0.449 e. The fourth-order valence-electron chi connectivity index (χ4n) is 1.44. The van der Waals surface area contributed by atoms with E-state index < -0.39 is 6.16 Å². The SMILES string of the molecule is O=C(O)Oc1cc2c(s1)CCC2. The summed E-state index contributed by atoms with van der Waals surface area (Å²) in [5.41, 5.74) is 1.26.